The first-order valence-electron chi connectivity index (χ1n) is 4.86. The van der Waals surface area contributed by atoms with Crippen LogP contribution >= 0.6 is 0 Å². The van der Waals surface area contributed by atoms with Gasteiger partial charge < -0.3 is 0 Å². The monoisotopic (exact) mass is 174 g/mol. The third-order valence-corrected chi connectivity index (χ3v) is 2.33. The number of hydrogen-bond donors (Lipinski definition) is 0. The van der Waals surface area contributed by atoms with Gasteiger partial charge in [0.2, 0.25) is 0 Å². The first-order valence-corrected chi connectivity index (χ1v) is 4.86. The Hall–Kier alpha value is -1.18. The summed E-state index contributed by atoms with van der Waals surface area (Å²) in [4.78, 5) is 8.71. The molecule has 68 valence electrons. The minimum absolute atomic E-state index is 0.981. The molecule has 2 aliphatic heterocycles. The average molecular weight is 174 g/mol. The Balaban J connectivity index is 1.96. The molecule has 0 bridgehead atoms. The average Bonchev–Trinajstić information content (AvgIpc) is 2.21. The summed E-state index contributed by atoms with van der Waals surface area (Å²) in [5, 5.41) is 0. The maximum Gasteiger partial charge on any atom is 0.0244 e. The van der Waals surface area contributed by atoms with E-state index in [-0.39, 0.29) is 0 Å². The van der Waals surface area contributed by atoms with Crippen LogP contribution in [0.4, 0.5) is 0 Å². The molecule has 0 aliphatic carbocycles. The van der Waals surface area contributed by atoms with E-state index < -0.39 is 0 Å². The van der Waals surface area contributed by atoms with Crippen molar-refractivity contribution >= 4 is 11.4 Å². The molecule has 0 fully saturated rings. The molecule has 0 saturated carbocycles. The van der Waals surface area contributed by atoms with Crippen molar-refractivity contribution in [3.05, 3.63) is 24.6 Å². The molecule has 0 N–H and O–H groups in total. The number of allylic oxidation sites excluding steroid dienone is 2. The first kappa shape index (κ1) is 8.42. The van der Waals surface area contributed by atoms with Crippen molar-refractivity contribution < 1.29 is 0 Å². The number of hydrogen-bond acceptors (Lipinski definition) is 2. The Labute approximate surface area is 78.8 Å². The van der Waals surface area contributed by atoms with Gasteiger partial charge in [0.25, 0.3) is 0 Å². The van der Waals surface area contributed by atoms with Gasteiger partial charge in [-0.25, -0.2) is 0 Å². The molecule has 0 aromatic heterocycles. The Kier molecular flexibility index (Phi) is 2.70. The smallest absolute Gasteiger partial charge is 0.0244 e. The molecule has 0 amide bonds. The van der Waals surface area contributed by atoms with E-state index in [1.54, 1.807) is 0 Å². The highest BCUT2D eigenvalue weighted by molar-refractivity contribution is 6.05. The minimum atomic E-state index is 0.981. The number of rotatable bonds is 2. The van der Waals surface area contributed by atoms with Gasteiger partial charge in [-0.1, -0.05) is 12.2 Å². The Bertz CT molecular complexity index is 265. The highest BCUT2D eigenvalue weighted by Gasteiger charge is 2.07. The number of nitrogens with zero attached hydrogens (tertiary/aromatic N) is 2. The molecule has 0 aromatic carbocycles. The normalized spacial score (nSPS) is 21.2. The molecule has 13 heavy (non-hydrogen) atoms. The summed E-state index contributed by atoms with van der Waals surface area (Å²) >= 11 is 0. The van der Waals surface area contributed by atoms with E-state index in [2.05, 4.69) is 22.1 Å². The quantitative estimate of drug-likeness (QED) is 0.615. The topological polar surface area (TPSA) is 24.7 Å². The van der Waals surface area contributed by atoms with Gasteiger partial charge in [0.05, 0.1) is 0 Å². The summed E-state index contributed by atoms with van der Waals surface area (Å²) in [6, 6.07) is 0. The third-order valence-electron chi connectivity index (χ3n) is 2.33. The Morgan fingerprint density at radius 1 is 0.923 bits per heavy atom. The first-order chi connectivity index (χ1) is 6.45. The van der Waals surface area contributed by atoms with Gasteiger partial charge in [0.15, 0.2) is 0 Å². The molecular formula is C11H14N2. The molecule has 2 aliphatic rings. The molecular weight excluding hydrogens is 160 g/mol. The summed E-state index contributed by atoms with van der Waals surface area (Å²) in [6.07, 6.45) is 13.5. The summed E-state index contributed by atoms with van der Waals surface area (Å²) in [6.45, 7) is 0. The van der Waals surface area contributed by atoms with Gasteiger partial charge in [-0.05, 0) is 25.7 Å². The van der Waals surface area contributed by atoms with Gasteiger partial charge in [0, 0.05) is 30.2 Å². The van der Waals surface area contributed by atoms with Gasteiger partial charge in [-0.3, -0.25) is 9.98 Å². The molecule has 2 heteroatoms. The van der Waals surface area contributed by atoms with Crippen molar-refractivity contribution in [3.63, 3.8) is 0 Å². The summed E-state index contributed by atoms with van der Waals surface area (Å²) in [5.74, 6) is 0. The van der Waals surface area contributed by atoms with Crippen LogP contribution in [0.5, 0.6) is 0 Å². The fourth-order valence-electron chi connectivity index (χ4n) is 1.60. The van der Waals surface area contributed by atoms with Crippen LogP contribution in [0.3, 0.4) is 0 Å². The van der Waals surface area contributed by atoms with Crippen LogP contribution in [0.2, 0.25) is 0 Å². The van der Waals surface area contributed by atoms with Crippen molar-refractivity contribution in [1.29, 1.82) is 0 Å². The second-order valence-corrected chi connectivity index (χ2v) is 3.41. The van der Waals surface area contributed by atoms with Crippen LogP contribution in [0.25, 0.3) is 0 Å². The van der Waals surface area contributed by atoms with E-state index in [9.17, 15) is 0 Å². The van der Waals surface area contributed by atoms with E-state index in [4.69, 9.17) is 0 Å². The summed E-state index contributed by atoms with van der Waals surface area (Å²) in [5.41, 5.74) is 2.58. The molecule has 0 spiro atoms. The zero-order chi connectivity index (χ0) is 8.93. The molecule has 2 nitrogen and oxygen atoms in total. The third kappa shape index (κ3) is 2.38. The molecule has 0 atom stereocenters. The zero-order valence-electron chi connectivity index (χ0n) is 7.74. The number of aliphatic imine (C=N–C) groups is 2. The molecule has 2 rings (SSSR count). The highest BCUT2D eigenvalue weighted by atomic mass is 14.7. The van der Waals surface area contributed by atoms with Crippen LogP contribution in [0.1, 0.15) is 32.1 Å². The lowest BCUT2D eigenvalue weighted by Gasteiger charge is -2.10. The highest BCUT2D eigenvalue weighted by Crippen LogP contribution is 2.11. The van der Waals surface area contributed by atoms with Crippen LogP contribution in [0.15, 0.2) is 34.5 Å². The molecule has 0 radical (unpaired) electrons. The lowest BCUT2D eigenvalue weighted by Crippen LogP contribution is -2.10. The fourth-order valence-corrected chi connectivity index (χ4v) is 1.60. The SMILES string of the molecule is C1=CN=C(CC2=NC=CCC2)CC1. The van der Waals surface area contributed by atoms with Crippen molar-refractivity contribution in [2.24, 2.45) is 9.98 Å². The van der Waals surface area contributed by atoms with E-state index in [0.717, 1.165) is 32.1 Å². The molecule has 0 saturated heterocycles. The van der Waals surface area contributed by atoms with Gasteiger partial charge in [-0.15, -0.1) is 0 Å². The fraction of sp³-hybridized carbons (Fsp3) is 0.455. The van der Waals surface area contributed by atoms with Crippen LogP contribution < -0.4 is 0 Å². The van der Waals surface area contributed by atoms with Crippen LogP contribution in [0, 0.1) is 0 Å². The van der Waals surface area contributed by atoms with Gasteiger partial charge >= 0.3 is 0 Å². The molecule has 0 aromatic rings. The maximum atomic E-state index is 4.35. The summed E-state index contributed by atoms with van der Waals surface area (Å²) in [7, 11) is 0. The zero-order valence-corrected chi connectivity index (χ0v) is 7.74. The predicted octanol–water partition coefficient (Wildman–Crippen LogP) is 2.87. The maximum absolute atomic E-state index is 4.35. The van der Waals surface area contributed by atoms with E-state index in [1.807, 2.05) is 12.4 Å². The van der Waals surface area contributed by atoms with Gasteiger partial charge in [-0.2, -0.15) is 0 Å². The molecule has 0 unspecified atom stereocenters. The largest absolute Gasteiger partial charge is 0.266 e. The van der Waals surface area contributed by atoms with Crippen LogP contribution in [-0.2, 0) is 0 Å². The van der Waals surface area contributed by atoms with Crippen molar-refractivity contribution in [3.8, 4) is 0 Å². The van der Waals surface area contributed by atoms with E-state index >= 15 is 0 Å². The Morgan fingerprint density at radius 3 is 1.85 bits per heavy atom. The van der Waals surface area contributed by atoms with Crippen LogP contribution in [-0.4, -0.2) is 11.4 Å². The Morgan fingerprint density at radius 2 is 1.46 bits per heavy atom. The summed E-state index contributed by atoms with van der Waals surface area (Å²) < 4.78 is 0. The minimum Gasteiger partial charge on any atom is -0.266 e. The van der Waals surface area contributed by atoms with Gasteiger partial charge in [0.1, 0.15) is 0 Å². The lowest BCUT2D eigenvalue weighted by molar-refractivity contribution is 1.01. The second-order valence-electron chi connectivity index (χ2n) is 3.41. The predicted molar refractivity (Wildman–Crippen MR) is 56.2 cm³/mol. The second kappa shape index (κ2) is 4.17. The van der Waals surface area contributed by atoms with Crippen molar-refractivity contribution in [2.45, 2.75) is 32.1 Å². The standard InChI is InChI=1S/C11H14N2/c1-3-7-12-10(5-1)9-11-6-2-4-8-13-11/h3-4,7-8H,1-2,5-6,9H2. The van der Waals surface area contributed by atoms with E-state index in [0.29, 0.717) is 0 Å². The van der Waals surface area contributed by atoms with Crippen molar-refractivity contribution in [1.82, 2.24) is 0 Å². The lowest BCUT2D eigenvalue weighted by atomic mass is 10.0. The van der Waals surface area contributed by atoms with E-state index in [1.165, 1.54) is 11.4 Å². The van der Waals surface area contributed by atoms with Crippen molar-refractivity contribution in [2.75, 3.05) is 0 Å². The molecule has 2 heterocycles.